The summed E-state index contributed by atoms with van der Waals surface area (Å²) in [7, 11) is 0. The minimum Gasteiger partial charge on any atom is -0.364 e. The van der Waals surface area contributed by atoms with Crippen LogP contribution in [0.25, 0.3) is 10.9 Å². The minimum absolute atomic E-state index is 0.0192. The van der Waals surface area contributed by atoms with Gasteiger partial charge < -0.3 is 16.0 Å². The van der Waals surface area contributed by atoms with Gasteiger partial charge in [0.15, 0.2) is 5.69 Å². The summed E-state index contributed by atoms with van der Waals surface area (Å²) in [5, 5.41) is 7.94. The molecule has 1 aliphatic heterocycles. The van der Waals surface area contributed by atoms with Crippen molar-refractivity contribution in [3.8, 4) is 0 Å². The van der Waals surface area contributed by atoms with E-state index in [9.17, 15) is 18.8 Å². The maximum atomic E-state index is 13.6. The van der Waals surface area contributed by atoms with Crippen LogP contribution in [0.2, 0.25) is 5.02 Å². The Morgan fingerprint density at radius 1 is 1.18 bits per heavy atom. The van der Waals surface area contributed by atoms with Crippen LogP contribution < -0.4 is 11.1 Å². The normalized spacial score (nSPS) is 21.2. The van der Waals surface area contributed by atoms with Gasteiger partial charge in [-0.2, -0.15) is 5.10 Å². The van der Waals surface area contributed by atoms with Crippen LogP contribution in [0.4, 0.5) is 4.39 Å². The lowest BCUT2D eigenvalue weighted by atomic mass is 9.97. The number of para-hydroxylation sites is 1. The summed E-state index contributed by atoms with van der Waals surface area (Å²) in [4.78, 5) is 40.0. The molecule has 1 saturated heterocycles. The van der Waals surface area contributed by atoms with Crippen LogP contribution in [0, 0.1) is 11.7 Å². The van der Waals surface area contributed by atoms with Crippen LogP contribution in [0.3, 0.4) is 0 Å². The number of nitrogens with two attached hydrogens (primary N) is 1. The van der Waals surface area contributed by atoms with E-state index >= 15 is 0 Å². The van der Waals surface area contributed by atoms with E-state index in [4.69, 9.17) is 17.3 Å². The fourth-order valence-electron chi connectivity index (χ4n) is 5.33. The van der Waals surface area contributed by atoms with Gasteiger partial charge in [0, 0.05) is 23.0 Å². The third kappa shape index (κ3) is 4.00. The number of primary amides is 1. The maximum Gasteiger partial charge on any atom is 0.269 e. The number of nitrogens with one attached hydrogen (secondary N) is 1. The highest BCUT2D eigenvalue weighted by molar-refractivity contribution is 6.30. The van der Waals surface area contributed by atoms with E-state index in [2.05, 4.69) is 10.4 Å². The Morgan fingerprint density at radius 2 is 1.97 bits per heavy atom. The van der Waals surface area contributed by atoms with Crippen LogP contribution in [0.5, 0.6) is 0 Å². The van der Waals surface area contributed by atoms with E-state index < -0.39 is 17.8 Å². The Labute approximate surface area is 199 Å². The number of carbonyl (C=O) groups is 3. The van der Waals surface area contributed by atoms with E-state index in [1.807, 2.05) is 0 Å². The van der Waals surface area contributed by atoms with E-state index in [1.165, 1.54) is 16.8 Å². The van der Waals surface area contributed by atoms with Crippen molar-refractivity contribution >= 4 is 40.2 Å². The molecule has 2 fully saturated rings. The molecular formula is C24H23ClFN5O3. The predicted molar refractivity (Wildman–Crippen MR) is 123 cm³/mol. The van der Waals surface area contributed by atoms with Crippen LogP contribution in [-0.4, -0.2) is 44.5 Å². The van der Waals surface area contributed by atoms with Gasteiger partial charge in [-0.1, -0.05) is 29.8 Å². The molecule has 2 aliphatic rings. The van der Waals surface area contributed by atoms with Crippen molar-refractivity contribution < 1.29 is 18.8 Å². The standard InChI is InChI=1S/C24H23ClFN5O3/c25-15-7-13(8-16(26)10-15)11-28-24(34)22-14-5-6-17(9-14)31(22)20(32)12-30-19-4-2-1-3-18(19)21(29-30)23(27)33/h1-4,7-8,10,14,17,22H,5-6,9,11-12H2,(H2,27,33)(H,28,34)/t14-,17+,22-/m0/s1. The second-order valence-electron chi connectivity index (χ2n) is 8.86. The number of carbonyl (C=O) groups excluding carboxylic acids is 3. The number of halogens is 2. The average molecular weight is 484 g/mol. The minimum atomic E-state index is -0.669. The van der Waals surface area contributed by atoms with Crippen molar-refractivity contribution in [2.45, 2.75) is 44.4 Å². The summed E-state index contributed by atoms with van der Waals surface area (Å²) in [5.74, 6) is -1.59. The van der Waals surface area contributed by atoms with Crippen molar-refractivity contribution in [1.82, 2.24) is 20.0 Å². The van der Waals surface area contributed by atoms with Crippen molar-refractivity contribution in [2.75, 3.05) is 0 Å². The number of fused-ring (bicyclic) bond motifs is 3. The van der Waals surface area contributed by atoms with Gasteiger partial charge >= 0.3 is 0 Å². The molecule has 2 aromatic carbocycles. The van der Waals surface area contributed by atoms with Gasteiger partial charge in [0.1, 0.15) is 18.4 Å². The van der Waals surface area contributed by atoms with Crippen molar-refractivity contribution in [1.29, 1.82) is 0 Å². The Bertz CT molecular complexity index is 1290. The summed E-state index contributed by atoms with van der Waals surface area (Å²) in [5.41, 5.74) is 6.73. The number of likely N-dealkylation sites (tertiary alicyclic amines) is 1. The molecule has 3 N–H and O–H groups in total. The third-order valence-electron chi connectivity index (χ3n) is 6.71. The van der Waals surface area contributed by atoms with Crippen LogP contribution >= 0.6 is 11.6 Å². The molecule has 176 valence electrons. The zero-order valence-corrected chi connectivity index (χ0v) is 19.0. The quantitative estimate of drug-likeness (QED) is 0.561. The molecule has 0 radical (unpaired) electrons. The first-order valence-corrected chi connectivity index (χ1v) is 11.5. The van der Waals surface area contributed by atoms with Gasteiger partial charge in [-0.3, -0.25) is 19.1 Å². The second kappa shape index (κ2) is 8.72. The fraction of sp³-hybridized carbons (Fsp3) is 0.333. The van der Waals surface area contributed by atoms with E-state index in [-0.39, 0.29) is 47.6 Å². The van der Waals surface area contributed by atoms with E-state index in [0.29, 0.717) is 16.5 Å². The highest BCUT2D eigenvalue weighted by atomic mass is 35.5. The molecule has 3 amide bonds. The monoisotopic (exact) mass is 483 g/mol. The molecule has 34 heavy (non-hydrogen) atoms. The average Bonchev–Trinajstić information content (AvgIpc) is 3.50. The summed E-state index contributed by atoms with van der Waals surface area (Å²) in [6.07, 6.45) is 2.48. The molecule has 3 aromatic rings. The Hall–Kier alpha value is -3.46. The molecule has 2 bridgehead atoms. The van der Waals surface area contributed by atoms with Gasteiger partial charge in [0.2, 0.25) is 11.8 Å². The molecule has 1 saturated carbocycles. The Morgan fingerprint density at radius 3 is 2.74 bits per heavy atom. The lowest BCUT2D eigenvalue weighted by molar-refractivity contribution is -0.143. The van der Waals surface area contributed by atoms with Crippen LogP contribution in [0.1, 0.15) is 35.3 Å². The topological polar surface area (TPSA) is 110 Å². The molecule has 1 aromatic heterocycles. The molecule has 0 unspecified atom stereocenters. The largest absolute Gasteiger partial charge is 0.364 e. The number of rotatable bonds is 6. The number of amides is 3. The van der Waals surface area contributed by atoms with Crippen LogP contribution in [0.15, 0.2) is 42.5 Å². The lowest BCUT2D eigenvalue weighted by Gasteiger charge is -2.34. The maximum absolute atomic E-state index is 13.6. The molecule has 2 heterocycles. The number of piperidine rings is 1. The number of hydrogen-bond donors (Lipinski definition) is 2. The smallest absolute Gasteiger partial charge is 0.269 e. The highest BCUT2D eigenvalue weighted by Crippen LogP contribution is 2.42. The van der Waals surface area contributed by atoms with Gasteiger partial charge in [0.25, 0.3) is 5.91 Å². The summed E-state index contributed by atoms with van der Waals surface area (Å²) >= 11 is 5.91. The molecule has 5 rings (SSSR count). The van der Waals surface area contributed by atoms with Gasteiger partial charge in [-0.05, 0) is 55.0 Å². The van der Waals surface area contributed by atoms with E-state index in [1.54, 1.807) is 35.2 Å². The molecule has 10 heteroatoms. The third-order valence-corrected chi connectivity index (χ3v) is 6.93. The fourth-order valence-corrected chi connectivity index (χ4v) is 5.58. The van der Waals surface area contributed by atoms with Gasteiger partial charge in [0.05, 0.1) is 5.52 Å². The highest BCUT2D eigenvalue weighted by Gasteiger charge is 2.51. The number of hydrogen-bond acceptors (Lipinski definition) is 4. The summed E-state index contributed by atoms with van der Waals surface area (Å²) in [6.45, 7) is -0.00169. The first-order chi connectivity index (χ1) is 16.3. The molecular weight excluding hydrogens is 461 g/mol. The zero-order valence-electron chi connectivity index (χ0n) is 18.2. The lowest BCUT2D eigenvalue weighted by Crippen LogP contribution is -2.53. The number of benzene rings is 2. The molecule has 8 nitrogen and oxygen atoms in total. The van der Waals surface area contributed by atoms with Crippen molar-refractivity contribution in [2.24, 2.45) is 11.7 Å². The molecule has 3 atom stereocenters. The van der Waals surface area contributed by atoms with Crippen molar-refractivity contribution in [3.63, 3.8) is 0 Å². The first kappa shape index (κ1) is 22.3. The zero-order chi connectivity index (χ0) is 24.0. The number of nitrogens with zero attached hydrogens (tertiary/aromatic N) is 3. The van der Waals surface area contributed by atoms with E-state index in [0.717, 1.165) is 19.3 Å². The second-order valence-corrected chi connectivity index (χ2v) is 9.29. The van der Waals surface area contributed by atoms with Gasteiger partial charge in [-0.25, -0.2) is 4.39 Å². The van der Waals surface area contributed by atoms with Crippen LogP contribution in [-0.2, 0) is 22.7 Å². The Balaban J connectivity index is 1.35. The molecule has 1 aliphatic carbocycles. The summed E-state index contributed by atoms with van der Waals surface area (Å²) in [6, 6.07) is 10.6. The first-order valence-electron chi connectivity index (χ1n) is 11.1. The molecule has 0 spiro atoms. The number of aromatic nitrogens is 2. The predicted octanol–water partition coefficient (Wildman–Crippen LogP) is 2.62. The van der Waals surface area contributed by atoms with Crippen molar-refractivity contribution in [3.05, 3.63) is 64.6 Å². The SMILES string of the molecule is NC(=O)c1nn(CC(=O)N2[C@@H]3CC[C@@H](C3)[C@H]2C(=O)NCc2cc(F)cc(Cl)c2)c2ccccc12. The Kier molecular flexibility index (Phi) is 5.73. The van der Waals surface area contributed by atoms with Gasteiger partial charge in [-0.15, -0.1) is 0 Å². The summed E-state index contributed by atoms with van der Waals surface area (Å²) < 4.78 is 15.1.